The van der Waals surface area contributed by atoms with Crippen molar-refractivity contribution in [2.45, 2.75) is 130 Å². The molecule has 2 aliphatic rings. The maximum absolute atomic E-state index is 13.4. The van der Waals surface area contributed by atoms with Gasteiger partial charge in [-0.05, 0) is 169 Å². The van der Waals surface area contributed by atoms with Crippen LogP contribution in [0.1, 0.15) is 157 Å². The Morgan fingerprint density at radius 1 is 0.409 bits per heavy atom. The monoisotopic (exact) mass is 1320 g/mol. The van der Waals surface area contributed by atoms with Crippen LogP contribution >= 0.6 is 0 Å². The van der Waals surface area contributed by atoms with Crippen LogP contribution in [0.5, 0.6) is 23.0 Å². The quantitative estimate of drug-likeness (QED) is 0.0461. The van der Waals surface area contributed by atoms with Crippen LogP contribution in [0.15, 0.2) is 180 Å². The standard InChI is InChI=1S/2C36H36N2O4.2C2H5O.O.2Ti/c2*1-23(39)27-17-29(35(41)31(19-27)25-11-5-3-6-12-25)21-37-33-15-9-10-16-34(33)38-22-30-18-28(24(2)40)20-32(36(30)42)26-13-7-4-8-14-26;2*1-2-3;;;/h2*3-8,11-14,17-21,33-34,38,41-42H,9-10,15-16,22H2,1-2H3;2*2H2,1H3;;;/q;;2*-1;-2;2*+4/p-4/t2*33-,34-;;;;;/m11...../s1. The molecule has 0 heterocycles. The third kappa shape index (κ3) is 21.6. The number of benzene rings is 8. The Hall–Kier alpha value is -7.79. The number of carbonyl (C=O) groups is 4. The molecule has 15 nitrogen and oxygen atoms in total. The van der Waals surface area contributed by atoms with Gasteiger partial charge in [-0.2, -0.15) is 0 Å². The van der Waals surface area contributed by atoms with Crippen molar-refractivity contribution < 1.29 is 98.7 Å². The van der Waals surface area contributed by atoms with Crippen LogP contribution in [0.3, 0.4) is 0 Å². The third-order valence-electron chi connectivity index (χ3n) is 15.9. The van der Waals surface area contributed by atoms with E-state index in [9.17, 15) is 39.6 Å². The van der Waals surface area contributed by atoms with Gasteiger partial charge in [0.1, 0.15) is 0 Å². The zero-order chi connectivity index (χ0) is 64.7. The zero-order valence-corrected chi connectivity index (χ0v) is 56.6. The summed E-state index contributed by atoms with van der Waals surface area (Å²) in [7, 11) is 0. The molecular formula is C76H78N4O11Ti2. The van der Waals surface area contributed by atoms with Crippen LogP contribution in [0.2, 0.25) is 0 Å². The topological polar surface area (TPSA) is 284 Å². The Kier molecular flexibility index (Phi) is 32.6. The molecule has 2 N–H and O–H groups in total. The molecule has 8 aromatic carbocycles. The van der Waals surface area contributed by atoms with E-state index < -0.39 is 0 Å². The maximum Gasteiger partial charge on any atom is 4.00 e. The summed E-state index contributed by atoms with van der Waals surface area (Å²) in [6.07, 6.45) is 10.7. The maximum atomic E-state index is 13.4. The molecule has 476 valence electrons. The van der Waals surface area contributed by atoms with E-state index in [0.717, 1.165) is 73.6 Å². The van der Waals surface area contributed by atoms with Crippen molar-refractivity contribution in [2.24, 2.45) is 9.98 Å². The first kappa shape index (κ1) is 77.7. The summed E-state index contributed by atoms with van der Waals surface area (Å²) in [5, 5.41) is 78.6. The summed E-state index contributed by atoms with van der Waals surface area (Å²) in [6.45, 7) is 9.75. The Labute approximate surface area is 576 Å². The average molecular weight is 1320 g/mol. The molecule has 17 heteroatoms. The van der Waals surface area contributed by atoms with E-state index in [4.69, 9.17) is 20.2 Å². The number of nitrogens with zero attached hydrogens (tertiary/aromatic N) is 2. The first-order chi connectivity index (χ1) is 43.5. The van der Waals surface area contributed by atoms with Gasteiger partial charge in [-0.15, -0.1) is 13.2 Å². The van der Waals surface area contributed by atoms with Crippen molar-refractivity contribution in [3.63, 3.8) is 0 Å². The summed E-state index contributed by atoms with van der Waals surface area (Å²) in [4.78, 5) is 58.8. The number of hydrogen-bond acceptors (Lipinski definition) is 14. The van der Waals surface area contributed by atoms with Crippen LogP contribution in [-0.4, -0.2) is 72.9 Å². The Bertz CT molecular complexity index is 3530. The molecule has 2 saturated carbocycles. The molecule has 0 spiro atoms. The Balaban J connectivity index is 0.000000355. The van der Waals surface area contributed by atoms with Crippen molar-refractivity contribution in [3.05, 3.63) is 214 Å². The molecule has 10 rings (SSSR count). The number of carbonyl (C=O) groups excluding carboxylic acids is 4. The van der Waals surface area contributed by atoms with Gasteiger partial charge in [0.05, 0.1) is 12.1 Å². The van der Waals surface area contributed by atoms with E-state index in [1.54, 1.807) is 74.8 Å². The van der Waals surface area contributed by atoms with Gasteiger partial charge in [-0.3, -0.25) is 29.2 Å². The molecule has 0 aliphatic heterocycles. The van der Waals surface area contributed by atoms with Gasteiger partial charge in [0.15, 0.2) is 23.1 Å². The van der Waals surface area contributed by atoms with Crippen molar-refractivity contribution in [1.82, 2.24) is 10.6 Å². The Morgan fingerprint density at radius 2 is 0.656 bits per heavy atom. The number of Topliss-reactive ketones (excluding diaryl/α,β-unsaturated/α-hetero) is 4. The predicted molar refractivity (Wildman–Crippen MR) is 348 cm³/mol. The second kappa shape index (κ2) is 39.0. The smallest absolute Gasteiger partial charge is 2.00 e. The fourth-order valence-electron chi connectivity index (χ4n) is 11.2. The summed E-state index contributed by atoms with van der Waals surface area (Å²) in [6, 6.07) is 50.5. The van der Waals surface area contributed by atoms with E-state index >= 15 is 0 Å². The van der Waals surface area contributed by atoms with Crippen molar-refractivity contribution in [2.75, 3.05) is 13.2 Å². The minimum Gasteiger partial charge on any atom is -2.00 e. The van der Waals surface area contributed by atoms with E-state index in [-0.39, 0.29) is 132 Å². The van der Waals surface area contributed by atoms with Gasteiger partial charge < -0.3 is 46.7 Å². The van der Waals surface area contributed by atoms with Gasteiger partial charge in [-0.25, -0.2) is 0 Å². The minimum absolute atomic E-state index is 0. The average Bonchev–Trinajstić information content (AvgIpc) is 0.903. The SMILES string of the molecule is CC(=O)c1cc(C=N[C@@H]2CCCC[C@H]2NCc2cc(C(C)=O)cc(-c3ccccc3)c2[O-])c([O-])c(-c2ccccc2)c1.CC(=O)c1cc(C=N[C@@H]2CCCC[C@H]2NCc2cc(C(C)=O)cc(-c3ccccc3)c2[O-])c([O-])c(-c2ccccc2)c1.CC[O-].CC[O-].[O-2].[Ti+4].[Ti+4]. The number of aliphatic imine (C=N–C) groups is 2. The second-order valence-electron chi connectivity index (χ2n) is 22.4. The molecule has 0 aromatic heterocycles. The van der Waals surface area contributed by atoms with Gasteiger partial charge in [-0.1, -0.05) is 184 Å². The van der Waals surface area contributed by atoms with Crippen LogP contribution in [-0.2, 0) is 62.0 Å². The fourth-order valence-corrected chi connectivity index (χ4v) is 11.2. The second-order valence-corrected chi connectivity index (χ2v) is 22.4. The molecule has 2 aliphatic carbocycles. The van der Waals surface area contributed by atoms with E-state index in [2.05, 4.69) is 10.6 Å². The number of ketones is 4. The van der Waals surface area contributed by atoms with Crippen LogP contribution in [0, 0.1) is 0 Å². The zero-order valence-electron chi connectivity index (χ0n) is 53.5. The van der Waals surface area contributed by atoms with Gasteiger partial charge in [0.2, 0.25) is 0 Å². The van der Waals surface area contributed by atoms with E-state index in [1.165, 1.54) is 27.7 Å². The molecule has 0 bridgehead atoms. The fraction of sp³-hybridized carbons (Fsp3) is 0.289. The molecule has 0 radical (unpaired) electrons. The predicted octanol–water partition coefficient (Wildman–Crippen LogP) is 10.8. The van der Waals surface area contributed by atoms with Gasteiger partial charge >= 0.3 is 43.4 Å². The van der Waals surface area contributed by atoms with E-state index in [1.807, 2.05) is 121 Å². The molecule has 2 fully saturated rings. The van der Waals surface area contributed by atoms with Crippen molar-refractivity contribution in [3.8, 4) is 67.5 Å². The van der Waals surface area contributed by atoms with Crippen LogP contribution in [0.4, 0.5) is 0 Å². The summed E-state index contributed by atoms with van der Waals surface area (Å²) in [5.41, 5.74) is 8.86. The van der Waals surface area contributed by atoms with Crippen LogP contribution < -0.4 is 41.3 Å². The molecule has 93 heavy (non-hydrogen) atoms. The first-order valence-corrected chi connectivity index (χ1v) is 30.8. The first-order valence-electron chi connectivity index (χ1n) is 30.8. The number of rotatable bonds is 18. The molecule has 0 amide bonds. The molecule has 0 saturated heterocycles. The van der Waals surface area contributed by atoms with Gasteiger partial charge in [0, 0.05) is 59.9 Å². The molecule has 8 aromatic rings. The number of nitrogens with one attached hydrogen (secondary N) is 2. The normalized spacial score (nSPS) is 15.7. The molecule has 0 unspecified atom stereocenters. The largest absolute Gasteiger partial charge is 4.00 e. The van der Waals surface area contributed by atoms with Crippen molar-refractivity contribution >= 4 is 35.6 Å². The van der Waals surface area contributed by atoms with Crippen molar-refractivity contribution in [1.29, 1.82) is 0 Å². The van der Waals surface area contributed by atoms with E-state index in [0.29, 0.717) is 79.9 Å². The summed E-state index contributed by atoms with van der Waals surface area (Å²) >= 11 is 0. The minimum atomic E-state index is -0.166. The number of hydrogen-bond donors (Lipinski definition) is 2. The third-order valence-corrected chi connectivity index (χ3v) is 15.9. The van der Waals surface area contributed by atoms with Gasteiger partial charge in [0.25, 0.3) is 0 Å². The summed E-state index contributed by atoms with van der Waals surface area (Å²) in [5.74, 6) is -0.943. The summed E-state index contributed by atoms with van der Waals surface area (Å²) < 4.78 is 0. The van der Waals surface area contributed by atoms with Crippen LogP contribution in [0.25, 0.3) is 44.5 Å². The molecule has 4 atom stereocenters. The Morgan fingerprint density at radius 3 is 0.925 bits per heavy atom. The molecular weight excluding hydrogens is 1240 g/mol.